The second kappa shape index (κ2) is 7.44. The number of carbonyl (C=O) groups is 1. The van der Waals surface area contributed by atoms with Crippen LogP contribution in [-0.4, -0.2) is 32.6 Å². The summed E-state index contributed by atoms with van der Waals surface area (Å²) >= 11 is 3.10. The van der Waals surface area contributed by atoms with E-state index in [0.29, 0.717) is 0 Å². The number of hydrogen-bond donors (Lipinski definition) is 0. The number of thiophene rings is 1. The summed E-state index contributed by atoms with van der Waals surface area (Å²) in [6.45, 7) is 4.49. The summed E-state index contributed by atoms with van der Waals surface area (Å²) in [5, 5.41) is 10.8. The standard InChI is InChI=1S/C13H17N3O2S2/c1-10(2)18-12(17)8-20-13-15-14-9-16(13)6-5-11-4-3-7-19-11/h3-4,7,9-10H,5-6,8H2,1-2H3. The van der Waals surface area contributed by atoms with Gasteiger partial charge in [0.25, 0.3) is 0 Å². The van der Waals surface area contributed by atoms with Crippen LogP contribution in [0.1, 0.15) is 18.7 Å². The molecule has 0 atom stereocenters. The number of thioether (sulfide) groups is 1. The normalized spacial score (nSPS) is 10.9. The summed E-state index contributed by atoms with van der Waals surface area (Å²) in [5.41, 5.74) is 0. The molecule has 0 unspecified atom stereocenters. The van der Waals surface area contributed by atoms with E-state index in [0.717, 1.165) is 18.1 Å². The number of nitrogens with zero attached hydrogens (tertiary/aromatic N) is 3. The van der Waals surface area contributed by atoms with Crippen molar-refractivity contribution in [3.05, 3.63) is 28.7 Å². The van der Waals surface area contributed by atoms with Gasteiger partial charge in [-0.15, -0.1) is 21.5 Å². The van der Waals surface area contributed by atoms with E-state index >= 15 is 0 Å². The first-order valence-electron chi connectivity index (χ1n) is 6.37. The zero-order valence-corrected chi connectivity index (χ0v) is 13.1. The molecule has 0 radical (unpaired) electrons. The predicted molar refractivity (Wildman–Crippen MR) is 80.0 cm³/mol. The van der Waals surface area contributed by atoms with E-state index in [2.05, 4.69) is 21.6 Å². The molecule has 0 aromatic carbocycles. The topological polar surface area (TPSA) is 57.0 Å². The van der Waals surface area contributed by atoms with Crippen LogP contribution in [0.2, 0.25) is 0 Å². The van der Waals surface area contributed by atoms with Gasteiger partial charge in [0.15, 0.2) is 5.16 Å². The molecule has 5 nitrogen and oxygen atoms in total. The van der Waals surface area contributed by atoms with Crippen LogP contribution in [0, 0.1) is 0 Å². The Morgan fingerprint density at radius 3 is 3.10 bits per heavy atom. The maximum absolute atomic E-state index is 11.5. The van der Waals surface area contributed by atoms with Crippen molar-refractivity contribution in [2.45, 2.75) is 38.1 Å². The zero-order chi connectivity index (χ0) is 14.4. The lowest BCUT2D eigenvalue weighted by molar-refractivity contribution is -0.144. The summed E-state index contributed by atoms with van der Waals surface area (Å²) in [6.07, 6.45) is 2.56. The van der Waals surface area contributed by atoms with Crippen molar-refractivity contribution in [1.29, 1.82) is 0 Å². The predicted octanol–water partition coefficient (Wildman–Crippen LogP) is 2.63. The minimum atomic E-state index is -0.224. The minimum Gasteiger partial charge on any atom is -0.462 e. The molecular weight excluding hydrogens is 294 g/mol. The first kappa shape index (κ1) is 15.1. The smallest absolute Gasteiger partial charge is 0.316 e. The fourth-order valence-electron chi connectivity index (χ4n) is 1.62. The molecule has 2 aromatic heterocycles. The van der Waals surface area contributed by atoms with Gasteiger partial charge in [0.05, 0.1) is 11.9 Å². The van der Waals surface area contributed by atoms with Crippen molar-refractivity contribution < 1.29 is 9.53 Å². The highest BCUT2D eigenvalue weighted by atomic mass is 32.2. The van der Waals surface area contributed by atoms with Crippen LogP contribution in [0.4, 0.5) is 0 Å². The van der Waals surface area contributed by atoms with Crippen molar-refractivity contribution >= 4 is 29.1 Å². The Bertz CT molecular complexity index is 538. The molecule has 0 N–H and O–H groups in total. The van der Waals surface area contributed by atoms with Gasteiger partial charge >= 0.3 is 5.97 Å². The van der Waals surface area contributed by atoms with Crippen LogP contribution in [0.5, 0.6) is 0 Å². The van der Waals surface area contributed by atoms with Gasteiger partial charge in [-0.3, -0.25) is 4.79 Å². The molecule has 0 aliphatic carbocycles. The van der Waals surface area contributed by atoms with E-state index in [1.54, 1.807) is 17.7 Å². The maximum atomic E-state index is 11.5. The van der Waals surface area contributed by atoms with Gasteiger partial charge in [-0.25, -0.2) is 0 Å². The SMILES string of the molecule is CC(C)OC(=O)CSc1nncn1CCc1cccs1. The molecule has 0 saturated heterocycles. The molecule has 0 aliphatic heterocycles. The molecule has 0 aliphatic rings. The van der Waals surface area contributed by atoms with Crippen molar-refractivity contribution in [2.75, 3.05) is 5.75 Å². The highest BCUT2D eigenvalue weighted by Gasteiger charge is 2.11. The van der Waals surface area contributed by atoms with Crippen LogP contribution >= 0.6 is 23.1 Å². The maximum Gasteiger partial charge on any atom is 0.316 e. The first-order chi connectivity index (χ1) is 9.65. The van der Waals surface area contributed by atoms with E-state index < -0.39 is 0 Å². The number of rotatable bonds is 7. The Morgan fingerprint density at radius 1 is 1.55 bits per heavy atom. The average molecular weight is 311 g/mol. The van der Waals surface area contributed by atoms with Gasteiger partial charge in [-0.1, -0.05) is 17.8 Å². The fourth-order valence-corrected chi connectivity index (χ4v) is 3.04. The number of ether oxygens (including phenoxy) is 1. The van der Waals surface area contributed by atoms with Crippen LogP contribution in [-0.2, 0) is 22.5 Å². The largest absolute Gasteiger partial charge is 0.462 e. The fraction of sp³-hybridized carbons (Fsp3) is 0.462. The quantitative estimate of drug-likeness (QED) is 0.581. The molecule has 0 bridgehead atoms. The number of esters is 1. The molecular formula is C13H17N3O2S2. The van der Waals surface area contributed by atoms with E-state index in [9.17, 15) is 4.79 Å². The molecule has 0 fully saturated rings. The summed E-state index contributed by atoms with van der Waals surface area (Å²) in [6, 6.07) is 4.16. The second-order valence-electron chi connectivity index (χ2n) is 4.46. The van der Waals surface area contributed by atoms with E-state index in [1.807, 2.05) is 24.5 Å². The van der Waals surface area contributed by atoms with Crippen LogP contribution < -0.4 is 0 Å². The summed E-state index contributed by atoms with van der Waals surface area (Å²) < 4.78 is 7.06. The minimum absolute atomic E-state index is 0.0835. The van der Waals surface area contributed by atoms with Gasteiger partial charge in [0, 0.05) is 11.4 Å². The molecule has 0 amide bonds. The van der Waals surface area contributed by atoms with E-state index in [1.165, 1.54) is 16.6 Å². The van der Waals surface area contributed by atoms with E-state index in [-0.39, 0.29) is 17.8 Å². The second-order valence-corrected chi connectivity index (χ2v) is 6.44. The molecule has 20 heavy (non-hydrogen) atoms. The molecule has 0 saturated carbocycles. The van der Waals surface area contributed by atoms with Crippen molar-refractivity contribution in [1.82, 2.24) is 14.8 Å². The van der Waals surface area contributed by atoms with Crippen molar-refractivity contribution in [2.24, 2.45) is 0 Å². The lowest BCUT2D eigenvalue weighted by atomic mass is 10.3. The third-order valence-corrected chi connectivity index (χ3v) is 4.34. The zero-order valence-electron chi connectivity index (χ0n) is 11.5. The molecule has 7 heteroatoms. The van der Waals surface area contributed by atoms with Gasteiger partial charge in [0.2, 0.25) is 0 Å². The number of hydrogen-bond acceptors (Lipinski definition) is 6. The van der Waals surface area contributed by atoms with Gasteiger partial charge in [-0.05, 0) is 31.7 Å². The van der Waals surface area contributed by atoms with Crippen LogP contribution in [0.15, 0.2) is 29.0 Å². The molecule has 2 heterocycles. The third kappa shape index (κ3) is 4.64. The van der Waals surface area contributed by atoms with Gasteiger partial charge < -0.3 is 9.30 Å². The summed E-state index contributed by atoms with van der Waals surface area (Å²) in [7, 11) is 0. The number of aromatic nitrogens is 3. The Labute approximate surface area is 126 Å². The summed E-state index contributed by atoms with van der Waals surface area (Å²) in [4.78, 5) is 12.8. The molecule has 108 valence electrons. The first-order valence-corrected chi connectivity index (χ1v) is 8.24. The Hall–Kier alpha value is -1.34. The highest BCUT2D eigenvalue weighted by Crippen LogP contribution is 2.17. The number of carbonyl (C=O) groups excluding carboxylic acids is 1. The average Bonchev–Trinajstić information content (AvgIpc) is 3.04. The Kier molecular flexibility index (Phi) is 5.60. The van der Waals surface area contributed by atoms with Crippen molar-refractivity contribution in [3.63, 3.8) is 0 Å². The van der Waals surface area contributed by atoms with Crippen LogP contribution in [0.3, 0.4) is 0 Å². The van der Waals surface area contributed by atoms with Crippen LogP contribution in [0.25, 0.3) is 0 Å². The lowest BCUT2D eigenvalue weighted by Crippen LogP contribution is -2.13. The summed E-state index contributed by atoms with van der Waals surface area (Å²) in [5.74, 6) is 0.0355. The monoisotopic (exact) mass is 311 g/mol. The lowest BCUT2D eigenvalue weighted by Gasteiger charge is -2.08. The molecule has 0 spiro atoms. The van der Waals surface area contributed by atoms with Gasteiger partial charge in [-0.2, -0.15) is 0 Å². The third-order valence-electron chi connectivity index (χ3n) is 2.45. The molecule has 2 rings (SSSR count). The number of aryl methyl sites for hydroxylation is 2. The highest BCUT2D eigenvalue weighted by molar-refractivity contribution is 7.99. The van der Waals surface area contributed by atoms with E-state index in [4.69, 9.17) is 4.74 Å². The Morgan fingerprint density at radius 2 is 2.40 bits per heavy atom. The molecule has 2 aromatic rings. The van der Waals surface area contributed by atoms with Crippen molar-refractivity contribution in [3.8, 4) is 0 Å². The Balaban J connectivity index is 1.83. The van der Waals surface area contributed by atoms with Gasteiger partial charge in [0.1, 0.15) is 6.33 Å².